The Balaban J connectivity index is 0.00000143. The minimum Gasteiger partial charge on any atom is -0.480 e. The van der Waals surface area contributed by atoms with Crippen LogP contribution in [0, 0.1) is 17.0 Å². The van der Waals surface area contributed by atoms with Gasteiger partial charge in [-0.15, -0.1) is 11.8 Å². The highest BCUT2D eigenvalue weighted by molar-refractivity contribution is 8.00. The largest absolute Gasteiger partial charge is 0.490 e. The number of imidazole rings is 1. The highest BCUT2D eigenvalue weighted by atomic mass is 32.2. The number of aliphatic hydroxyl groups excluding tert-OH is 1. The summed E-state index contributed by atoms with van der Waals surface area (Å²) >= 11 is 0.951. The molecule has 1 saturated heterocycles. The van der Waals surface area contributed by atoms with Crippen molar-refractivity contribution >= 4 is 53.1 Å². The molecule has 1 aliphatic rings. The van der Waals surface area contributed by atoms with Gasteiger partial charge in [0.2, 0.25) is 23.6 Å². The van der Waals surface area contributed by atoms with E-state index in [9.17, 15) is 55.8 Å². The number of ketones is 1. The molecule has 0 bridgehead atoms. The van der Waals surface area contributed by atoms with Crippen molar-refractivity contribution in [2.75, 3.05) is 32.0 Å². The van der Waals surface area contributed by atoms with Gasteiger partial charge in [0.1, 0.15) is 30.1 Å². The van der Waals surface area contributed by atoms with Gasteiger partial charge in [0.15, 0.2) is 5.78 Å². The van der Waals surface area contributed by atoms with E-state index in [0.717, 1.165) is 40.4 Å². The van der Waals surface area contributed by atoms with Crippen LogP contribution in [0.25, 0.3) is 11.3 Å². The number of nitrogens with one attached hydrogen (secondary N) is 1. The smallest absolute Gasteiger partial charge is 0.480 e. The maximum Gasteiger partial charge on any atom is 0.490 e. The molecule has 0 radical (unpaired) electrons. The van der Waals surface area contributed by atoms with Crippen molar-refractivity contribution in [3.05, 3.63) is 77.8 Å². The lowest BCUT2D eigenvalue weighted by Gasteiger charge is -2.40. The van der Waals surface area contributed by atoms with Gasteiger partial charge in [0.05, 0.1) is 29.6 Å². The number of aliphatic hydroxyl groups is 1. The van der Waals surface area contributed by atoms with E-state index in [1.54, 1.807) is 10.8 Å². The number of benzene rings is 2. The molecule has 17 nitrogen and oxygen atoms in total. The Morgan fingerprint density at radius 2 is 1.64 bits per heavy atom. The number of carbonyl (C=O) groups is 7. The molecule has 8 N–H and O–H groups in total. The minimum absolute atomic E-state index is 0.0381. The summed E-state index contributed by atoms with van der Waals surface area (Å²) in [6.07, 6.45) is -3.58. The summed E-state index contributed by atoms with van der Waals surface area (Å²) in [7, 11) is 0. The highest BCUT2D eigenvalue weighted by Gasteiger charge is 2.41. The topological polar surface area (TPSA) is 269 Å². The number of carboxylic acids is 2. The van der Waals surface area contributed by atoms with Crippen LogP contribution in [0.2, 0.25) is 0 Å². The van der Waals surface area contributed by atoms with Gasteiger partial charge < -0.3 is 41.6 Å². The first-order valence-corrected chi connectivity index (χ1v) is 20.7. The Hall–Kier alpha value is -5.78. The Kier molecular flexibility index (Phi) is 19.1. The van der Waals surface area contributed by atoms with E-state index in [0.29, 0.717) is 5.82 Å². The normalized spacial score (nSPS) is 15.5. The lowest BCUT2D eigenvalue weighted by atomic mass is 9.84. The third-order valence-corrected chi connectivity index (χ3v) is 10.9. The third kappa shape index (κ3) is 15.2. The Morgan fingerprint density at radius 3 is 2.22 bits per heavy atom. The maximum absolute atomic E-state index is 15.0. The highest BCUT2D eigenvalue weighted by Crippen LogP contribution is 2.39. The molecule has 0 spiro atoms. The standard InChI is InChI=1S/C39H49F2N7O8S.C2HF3O2/c1-39(2,3)34(35-45-30(26-16-24(40)11-12-27(26)41)20-46(35)18-23-8-5-4-6-9-23)47(33(52)21-49)15-13-28(42)36(53)44-14-7-10-25(50)19-48-32(51)17-31(37(48)54)57-22-29(43)38(55)56;3-2(4,5)1(6)7/h4-6,8-9,11-12,16,20,28-29,31,34,49H,7,10,13-15,17-19,21-22,42-43H2,1-3H3,(H,44,53)(H,55,56);(H,6,7)/t28-,29-,31?,34-;/m0./s1. The summed E-state index contributed by atoms with van der Waals surface area (Å²) in [6, 6.07) is 9.24. The molecule has 1 fully saturated rings. The average molecular weight is 928 g/mol. The van der Waals surface area contributed by atoms with Crippen molar-refractivity contribution in [2.45, 2.75) is 82.6 Å². The van der Waals surface area contributed by atoms with Crippen molar-refractivity contribution < 1.29 is 70.8 Å². The van der Waals surface area contributed by atoms with E-state index >= 15 is 0 Å². The number of carboxylic acid groups (broad SMARTS) is 2. The number of alkyl halides is 3. The molecular weight excluding hydrogens is 878 g/mol. The summed E-state index contributed by atoms with van der Waals surface area (Å²) in [5.74, 6) is -7.85. The summed E-state index contributed by atoms with van der Waals surface area (Å²) in [6.45, 7) is 4.50. The second-order valence-electron chi connectivity index (χ2n) is 15.7. The van der Waals surface area contributed by atoms with E-state index < -0.39 is 101 Å². The number of imide groups is 1. The van der Waals surface area contributed by atoms with Crippen LogP contribution in [0.1, 0.15) is 63.9 Å². The molecule has 1 aromatic heterocycles. The first-order chi connectivity index (χ1) is 29.8. The molecule has 64 heavy (non-hydrogen) atoms. The summed E-state index contributed by atoms with van der Waals surface area (Å²) in [5.41, 5.74) is 11.9. The molecular formula is C41H50F5N7O10S. The number of thioether (sulfide) groups is 1. The van der Waals surface area contributed by atoms with Crippen LogP contribution >= 0.6 is 11.8 Å². The molecule has 350 valence electrons. The Morgan fingerprint density at radius 1 is 1.00 bits per heavy atom. The van der Waals surface area contributed by atoms with Gasteiger partial charge in [0, 0.05) is 50.0 Å². The van der Waals surface area contributed by atoms with Crippen LogP contribution in [-0.2, 0) is 40.1 Å². The van der Waals surface area contributed by atoms with Crippen molar-refractivity contribution in [1.29, 1.82) is 0 Å². The Labute approximate surface area is 368 Å². The SMILES string of the molecule is CC(C)(C)[C@H](c1nc(-c2cc(F)ccc2F)cn1Cc1ccccc1)N(CC[C@H](N)C(=O)NCCCC(=O)CN1C(=O)CC(SC[C@H](N)C(=O)O)C1=O)C(=O)CO.O=C(O)C(F)(F)F. The molecule has 1 aliphatic heterocycles. The van der Waals surface area contributed by atoms with Gasteiger partial charge in [-0.05, 0) is 42.0 Å². The second-order valence-corrected chi connectivity index (χ2v) is 16.9. The zero-order chi connectivity index (χ0) is 48.1. The predicted molar refractivity (Wildman–Crippen MR) is 221 cm³/mol. The fraction of sp³-hybridized carbons (Fsp3) is 0.463. The Bertz CT molecular complexity index is 2150. The van der Waals surface area contributed by atoms with Gasteiger partial charge >= 0.3 is 18.1 Å². The first kappa shape index (κ1) is 52.6. The number of nitrogens with zero attached hydrogens (tertiary/aromatic N) is 4. The fourth-order valence-electron chi connectivity index (χ4n) is 6.39. The first-order valence-electron chi connectivity index (χ1n) is 19.6. The minimum atomic E-state index is -5.08. The van der Waals surface area contributed by atoms with Crippen LogP contribution < -0.4 is 16.8 Å². The van der Waals surface area contributed by atoms with Crippen LogP contribution in [0.4, 0.5) is 22.0 Å². The molecule has 4 rings (SSSR count). The fourth-order valence-corrected chi connectivity index (χ4v) is 7.51. The van der Waals surface area contributed by atoms with Gasteiger partial charge in [-0.25, -0.2) is 18.6 Å². The van der Waals surface area contributed by atoms with Crippen LogP contribution in [-0.4, -0.2) is 132 Å². The van der Waals surface area contributed by atoms with E-state index in [1.165, 1.54) is 4.90 Å². The van der Waals surface area contributed by atoms with E-state index in [4.69, 9.17) is 31.5 Å². The van der Waals surface area contributed by atoms with Gasteiger partial charge in [0.25, 0.3) is 0 Å². The van der Waals surface area contributed by atoms with Gasteiger partial charge in [-0.1, -0.05) is 51.1 Å². The monoisotopic (exact) mass is 927 g/mol. The van der Waals surface area contributed by atoms with Crippen LogP contribution in [0.15, 0.2) is 54.7 Å². The summed E-state index contributed by atoms with van der Waals surface area (Å²) in [4.78, 5) is 90.9. The lowest BCUT2D eigenvalue weighted by Crippen LogP contribution is -2.48. The molecule has 23 heteroatoms. The number of hydrogen-bond acceptors (Lipinski definition) is 12. The number of carbonyl (C=O) groups excluding carboxylic acids is 5. The number of likely N-dealkylation sites (tertiary alicyclic amines) is 1. The number of nitrogens with two attached hydrogens (primary N) is 2. The number of rotatable bonds is 20. The van der Waals surface area contributed by atoms with Crippen molar-refractivity contribution in [3.63, 3.8) is 0 Å². The molecule has 4 atom stereocenters. The van der Waals surface area contributed by atoms with Crippen LogP contribution in [0.5, 0.6) is 0 Å². The summed E-state index contributed by atoms with van der Waals surface area (Å²) in [5, 5.41) is 28.0. The molecule has 0 aliphatic carbocycles. The van der Waals surface area contributed by atoms with E-state index in [-0.39, 0.29) is 62.3 Å². The van der Waals surface area contributed by atoms with E-state index in [1.807, 2.05) is 51.1 Å². The van der Waals surface area contributed by atoms with Crippen molar-refractivity contribution in [3.8, 4) is 11.3 Å². The molecule has 3 aromatic rings. The van der Waals surface area contributed by atoms with Crippen LogP contribution in [0.3, 0.4) is 0 Å². The van der Waals surface area contributed by atoms with Gasteiger partial charge in [-0.2, -0.15) is 13.2 Å². The number of halogens is 5. The molecule has 0 saturated carbocycles. The summed E-state index contributed by atoms with van der Waals surface area (Å²) < 4.78 is 62.8. The average Bonchev–Trinajstić information content (AvgIpc) is 3.74. The zero-order valence-electron chi connectivity index (χ0n) is 35.0. The number of aromatic nitrogens is 2. The van der Waals surface area contributed by atoms with E-state index in [2.05, 4.69) is 5.32 Å². The number of Topliss-reactive ketones (excluding diaryl/α,β-unsaturated/α-hetero) is 1. The molecule has 4 amide bonds. The second kappa shape index (κ2) is 23.2. The number of aliphatic carboxylic acids is 2. The lowest BCUT2D eigenvalue weighted by molar-refractivity contribution is -0.192. The maximum atomic E-state index is 15.0. The quantitative estimate of drug-likeness (QED) is 0.0541. The van der Waals surface area contributed by atoms with Gasteiger partial charge in [-0.3, -0.25) is 33.7 Å². The number of amides is 4. The third-order valence-electron chi connectivity index (χ3n) is 9.56. The van der Waals surface area contributed by atoms with Crippen molar-refractivity contribution in [2.24, 2.45) is 16.9 Å². The van der Waals surface area contributed by atoms with Crippen molar-refractivity contribution in [1.82, 2.24) is 24.7 Å². The number of hydrogen-bond donors (Lipinski definition) is 6. The molecule has 2 heterocycles. The molecule has 1 unspecified atom stereocenters. The molecule has 2 aromatic carbocycles. The zero-order valence-corrected chi connectivity index (χ0v) is 35.8. The predicted octanol–water partition coefficient (Wildman–Crippen LogP) is 2.87.